The summed E-state index contributed by atoms with van der Waals surface area (Å²) in [6.45, 7) is 3.62. The van der Waals surface area contributed by atoms with Gasteiger partial charge in [0.15, 0.2) is 11.1 Å². The fraction of sp³-hybridized carbons (Fsp3) is 1.00. The summed E-state index contributed by atoms with van der Waals surface area (Å²) >= 11 is 3.88. The highest BCUT2D eigenvalue weighted by Gasteiger charge is 1.98. The molecule has 1 atom stereocenters. The number of halogens is 1. The van der Waals surface area contributed by atoms with Crippen molar-refractivity contribution in [3.05, 3.63) is 0 Å². The maximum atomic E-state index is 10.4. The summed E-state index contributed by atoms with van der Waals surface area (Å²) in [4.78, 5) is 0. The molecule has 4 heteroatoms. The Labute approximate surface area is 56.8 Å². The zero-order valence-electron chi connectivity index (χ0n) is 4.89. The van der Waals surface area contributed by atoms with Crippen molar-refractivity contribution in [1.82, 2.24) is 0 Å². The van der Waals surface area contributed by atoms with Crippen LogP contribution in [0.15, 0.2) is 0 Å². The van der Waals surface area contributed by atoms with Gasteiger partial charge in [-0.25, -0.2) is 4.21 Å². The van der Waals surface area contributed by atoms with E-state index in [0.29, 0.717) is 0 Å². The van der Waals surface area contributed by atoms with Gasteiger partial charge in [-0.15, -0.1) is 11.6 Å². The van der Waals surface area contributed by atoms with Gasteiger partial charge in [0, 0.05) is 0 Å². The van der Waals surface area contributed by atoms with Crippen LogP contribution in [0, 0.1) is 0 Å². The first kappa shape index (κ1) is 8.40. The third kappa shape index (κ3) is 4.56. The van der Waals surface area contributed by atoms with Crippen molar-refractivity contribution in [3.8, 4) is 0 Å². The molecule has 0 aliphatic heterocycles. The van der Waals surface area contributed by atoms with Crippen LogP contribution in [-0.4, -0.2) is 15.5 Å². The van der Waals surface area contributed by atoms with Crippen LogP contribution in [0.2, 0.25) is 0 Å². The van der Waals surface area contributed by atoms with Gasteiger partial charge >= 0.3 is 0 Å². The van der Waals surface area contributed by atoms with Crippen LogP contribution in [0.4, 0.5) is 0 Å². The van der Waals surface area contributed by atoms with E-state index in [9.17, 15) is 4.21 Å². The maximum Gasteiger partial charge on any atom is 0.171 e. The third-order valence-corrected chi connectivity index (χ3v) is 1.70. The maximum absolute atomic E-state index is 10.4. The minimum Gasteiger partial charge on any atom is -0.287 e. The molecule has 0 aliphatic carbocycles. The summed E-state index contributed by atoms with van der Waals surface area (Å²) in [5, 5.41) is 0.0537. The molecule has 0 fully saturated rings. The van der Waals surface area contributed by atoms with Gasteiger partial charge < -0.3 is 0 Å². The van der Waals surface area contributed by atoms with Gasteiger partial charge in [-0.1, -0.05) is 0 Å². The molecule has 8 heavy (non-hydrogen) atoms. The van der Waals surface area contributed by atoms with Gasteiger partial charge in [0.25, 0.3) is 0 Å². The van der Waals surface area contributed by atoms with Crippen LogP contribution < -0.4 is 0 Å². The third-order valence-electron chi connectivity index (χ3n) is 0.389. The molecule has 0 aromatic rings. The Balaban J connectivity index is 3.25. The zero-order valence-corrected chi connectivity index (χ0v) is 6.46. The van der Waals surface area contributed by atoms with E-state index in [2.05, 4.69) is 0 Å². The minimum absolute atomic E-state index is 0.00502. The molecule has 0 N–H and O–H groups in total. The highest BCUT2D eigenvalue weighted by atomic mass is 35.5. The molecule has 0 heterocycles. The molecule has 2 nitrogen and oxygen atoms in total. The van der Waals surface area contributed by atoms with Crippen molar-refractivity contribution in [2.45, 2.75) is 20.0 Å². The molecule has 0 amide bonds. The number of rotatable bonds is 3. The first-order chi connectivity index (χ1) is 3.66. The summed E-state index contributed by atoms with van der Waals surface area (Å²) in [6.07, 6.45) is -0.00502. The molecule has 0 aliphatic rings. The number of hydrogen-bond acceptors (Lipinski definition) is 2. The predicted molar refractivity (Wildman–Crippen MR) is 35.1 cm³/mol. The normalized spacial score (nSPS) is 14.5. The summed E-state index contributed by atoms with van der Waals surface area (Å²) < 4.78 is 15.1. The lowest BCUT2D eigenvalue weighted by molar-refractivity contribution is 0.271. The Morgan fingerprint density at radius 1 is 1.75 bits per heavy atom. The van der Waals surface area contributed by atoms with E-state index in [-0.39, 0.29) is 11.3 Å². The Kier molecular flexibility index (Phi) is 4.51. The zero-order chi connectivity index (χ0) is 6.57. The van der Waals surface area contributed by atoms with Crippen LogP contribution in [0.3, 0.4) is 0 Å². The molecule has 0 radical (unpaired) electrons. The van der Waals surface area contributed by atoms with Gasteiger partial charge in [-0.2, -0.15) is 0 Å². The van der Waals surface area contributed by atoms with E-state index in [4.69, 9.17) is 15.8 Å². The predicted octanol–water partition coefficient (Wildman–Crippen LogP) is 1.27. The van der Waals surface area contributed by atoms with Crippen molar-refractivity contribution >= 4 is 22.7 Å². The lowest BCUT2D eigenvalue weighted by Crippen LogP contribution is -2.05. The lowest BCUT2D eigenvalue weighted by Gasteiger charge is -2.01. The number of alkyl halides is 1. The molecule has 0 saturated carbocycles. The van der Waals surface area contributed by atoms with Crippen molar-refractivity contribution in [2.24, 2.45) is 0 Å². The average Bonchev–Trinajstić information content (AvgIpc) is 1.65. The molecule has 0 aromatic heterocycles. The molecule has 0 saturated heterocycles. The molecular weight excluding hydrogens is 148 g/mol. The Hall–Kier alpha value is 0.400. The highest BCUT2D eigenvalue weighted by Crippen LogP contribution is 1.94. The van der Waals surface area contributed by atoms with Gasteiger partial charge in [0.2, 0.25) is 0 Å². The van der Waals surface area contributed by atoms with E-state index in [0.717, 1.165) is 0 Å². The van der Waals surface area contributed by atoms with Crippen LogP contribution in [0.5, 0.6) is 0 Å². The molecule has 0 bridgehead atoms. The molecule has 0 rings (SSSR count). The van der Waals surface area contributed by atoms with Crippen molar-refractivity contribution in [2.75, 3.05) is 5.21 Å². The van der Waals surface area contributed by atoms with E-state index in [1.54, 1.807) is 0 Å². The molecule has 50 valence electrons. The van der Waals surface area contributed by atoms with Crippen molar-refractivity contribution in [1.29, 1.82) is 0 Å². The Morgan fingerprint density at radius 2 is 2.25 bits per heavy atom. The first-order valence-electron chi connectivity index (χ1n) is 2.28. The van der Waals surface area contributed by atoms with E-state index >= 15 is 0 Å². The van der Waals surface area contributed by atoms with Gasteiger partial charge in [0.05, 0.1) is 6.10 Å². The van der Waals surface area contributed by atoms with Crippen LogP contribution in [-0.2, 0) is 15.3 Å². The summed E-state index contributed by atoms with van der Waals surface area (Å²) in [7, 11) is 0. The van der Waals surface area contributed by atoms with E-state index in [1.807, 2.05) is 13.8 Å². The van der Waals surface area contributed by atoms with Gasteiger partial charge in [-0.05, 0) is 13.8 Å². The quantitative estimate of drug-likeness (QED) is 0.576. The van der Waals surface area contributed by atoms with E-state index in [1.165, 1.54) is 0 Å². The van der Waals surface area contributed by atoms with Gasteiger partial charge in [0.1, 0.15) is 5.21 Å². The fourth-order valence-electron chi connectivity index (χ4n) is 0.240. The smallest absolute Gasteiger partial charge is 0.171 e. The van der Waals surface area contributed by atoms with Crippen LogP contribution in [0.1, 0.15) is 13.8 Å². The molecule has 0 aromatic carbocycles. The first-order valence-corrected chi connectivity index (χ1v) is 4.06. The second kappa shape index (κ2) is 4.30. The Morgan fingerprint density at radius 3 is 2.38 bits per heavy atom. The van der Waals surface area contributed by atoms with Crippen molar-refractivity contribution < 1.29 is 8.39 Å². The standard InChI is InChI=1S/C4H9ClO2S/c1-4(2)7-8(6)3-5/h4H,3H2,1-2H3. The van der Waals surface area contributed by atoms with Crippen LogP contribution >= 0.6 is 11.6 Å². The van der Waals surface area contributed by atoms with Crippen LogP contribution in [0.25, 0.3) is 0 Å². The second-order valence-electron chi connectivity index (χ2n) is 1.56. The average molecular weight is 157 g/mol. The second-order valence-corrected chi connectivity index (χ2v) is 3.23. The largest absolute Gasteiger partial charge is 0.287 e. The molecule has 1 unspecified atom stereocenters. The monoisotopic (exact) mass is 156 g/mol. The molecule has 0 spiro atoms. The summed E-state index contributed by atoms with van der Waals surface area (Å²) in [5.41, 5.74) is 0. The highest BCUT2D eigenvalue weighted by molar-refractivity contribution is 7.81. The lowest BCUT2D eigenvalue weighted by atomic mass is 10.5. The van der Waals surface area contributed by atoms with Gasteiger partial charge in [-0.3, -0.25) is 4.18 Å². The minimum atomic E-state index is -1.29. The topological polar surface area (TPSA) is 26.3 Å². The summed E-state index contributed by atoms with van der Waals surface area (Å²) in [5.74, 6) is 0. The molecular formula is C4H9ClO2S. The Bertz CT molecular complexity index is 84.1. The summed E-state index contributed by atoms with van der Waals surface area (Å²) in [6, 6.07) is 0. The fourth-order valence-corrected chi connectivity index (χ4v) is 0.875. The SMILES string of the molecule is CC(C)OS(=O)CCl. The number of hydrogen-bond donors (Lipinski definition) is 0. The van der Waals surface area contributed by atoms with Crippen molar-refractivity contribution in [3.63, 3.8) is 0 Å². The van der Waals surface area contributed by atoms with E-state index < -0.39 is 11.1 Å².